The van der Waals surface area contributed by atoms with Gasteiger partial charge in [-0.2, -0.15) is 9.62 Å². The second kappa shape index (κ2) is 6.49. The Bertz CT molecular complexity index is 507. The van der Waals surface area contributed by atoms with Gasteiger partial charge in [-0.3, -0.25) is 4.98 Å². The van der Waals surface area contributed by atoms with Gasteiger partial charge in [0.2, 0.25) is 6.19 Å². The molecular formula is C16H25N3S. The molecule has 1 heterocycles. The second-order valence-corrected chi connectivity index (χ2v) is 8.81. The summed E-state index contributed by atoms with van der Waals surface area (Å²) in [7, 11) is -0.339. The van der Waals surface area contributed by atoms with Crippen LogP contribution in [0.4, 0.5) is 0 Å². The molecule has 0 aliphatic carbocycles. The minimum absolute atomic E-state index is 0.0551. The van der Waals surface area contributed by atoms with Crippen LogP contribution in [0.5, 0.6) is 0 Å². The number of rotatable bonds is 4. The Balaban J connectivity index is 3.25. The molecule has 0 aliphatic heterocycles. The van der Waals surface area contributed by atoms with Crippen LogP contribution in [0.2, 0.25) is 0 Å². The van der Waals surface area contributed by atoms with Crippen LogP contribution in [0, 0.1) is 22.3 Å². The maximum Gasteiger partial charge on any atom is 0.212 e. The van der Waals surface area contributed by atoms with Crippen molar-refractivity contribution in [2.24, 2.45) is 15.2 Å². The third kappa shape index (κ3) is 4.72. The van der Waals surface area contributed by atoms with Crippen molar-refractivity contribution in [3.8, 4) is 6.19 Å². The number of nitrogens with zero attached hydrogens (tertiary/aromatic N) is 3. The molecule has 1 rings (SSSR count). The molecule has 110 valence electrons. The van der Waals surface area contributed by atoms with E-state index < -0.39 is 0 Å². The van der Waals surface area contributed by atoms with Crippen molar-refractivity contribution >= 4 is 10.7 Å². The van der Waals surface area contributed by atoms with E-state index >= 15 is 0 Å². The molecule has 20 heavy (non-hydrogen) atoms. The van der Waals surface area contributed by atoms with Crippen LogP contribution in [0.1, 0.15) is 51.9 Å². The van der Waals surface area contributed by atoms with E-state index in [1.807, 2.05) is 24.7 Å². The Labute approximate surface area is 125 Å². The summed E-state index contributed by atoms with van der Waals surface area (Å²) in [5.74, 6) is 0. The van der Waals surface area contributed by atoms with E-state index in [2.05, 4.69) is 50.0 Å². The summed E-state index contributed by atoms with van der Waals surface area (Å²) in [6.45, 7) is 11.3. The van der Waals surface area contributed by atoms with Gasteiger partial charge in [-0.1, -0.05) is 51.4 Å². The van der Waals surface area contributed by atoms with Gasteiger partial charge in [0.15, 0.2) is 0 Å². The van der Waals surface area contributed by atoms with E-state index in [0.717, 1.165) is 6.42 Å². The first-order valence-electron chi connectivity index (χ1n) is 6.82. The van der Waals surface area contributed by atoms with Gasteiger partial charge in [-0.15, -0.1) is 0 Å². The lowest BCUT2D eigenvalue weighted by Gasteiger charge is -2.39. The average molecular weight is 291 g/mol. The van der Waals surface area contributed by atoms with Crippen LogP contribution in [0.3, 0.4) is 0 Å². The zero-order valence-corrected chi connectivity index (χ0v) is 14.2. The Morgan fingerprint density at radius 1 is 1.35 bits per heavy atom. The Kier molecular flexibility index (Phi) is 5.47. The largest absolute Gasteiger partial charge is 0.264 e. The molecule has 0 saturated heterocycles. The predicted octanol–water partition coefficient (Wildman–Crippen LogP) is 4.50. The number of pyridine rings is 1. The quantitative estimate of drug-likeness (QED) is 0.767. The molecule has 0 aromatic carbocycles. The first kappa shape index (κ1) is 16.8. The van der Waals surface area contributed by atoms with E-state index in [0.29, 0.717) is 0 Å². The molecule has 0 radical (unpaired) electrons. The molecule has 3 nitrogen and oxygen atoms in total. The normalized spacial score (nSPS) is 15.7. The molecule has 1 aromatic rings. The lowest BCUT2D eigenvalue weighted by molar-refractivity contribution is 0.207. The zero-order valence-electron chi connectivity index (χ0n) is 13.3. The van der Waals surface area contributed by atoms with E-state index in [1.54, 1.807) is 6.20 Å². The first-order valence-corrected chi connectivity index (χ1v) is 8.47. The standard InChI is InChI=1S/C16H25N3S/c1-15(2,3)11-16(4,5)14(20(6)19-12-17)13-8-7-9-18-10-13/h7-10,14H,11H2,1-6H3. The summed E-state index contributed by atoms with van der Waals surface area (Å²) < 4.78 is 4.10. The van der Waals surface area contributed by atoms with Gasteiger partial charge in [0.1, 0.15) is 0 Å². The lowest BCUT2D eigenvalue weighted by Crippen LogP contribution is -2.30. The molecule has 1 aromatic heterocycles. The van der Waals surface area contributed by atoms with E-state index in [-0.39, 0.29) is 26.8 Å². The van der Waals surface area contributed by atoms with Crippen molar-refractivity contribution in [1.82, 2.24) is 4.98 Å². The summed E-state index contributed by atoms with van der Waals surface area (Å²) in [4.78, 5) is 4.24. The fourth-order valence-corrected chi connectivity index (χ4v) is 4.99. The summed E-state index contributed by atoms with van der Waals surface area (Å²) >= 11 is 0. The van der Waals surface area contributed by atoms with Crippen molar-refractivity contribution in [1.29, 1.82) is 5.26 Å². The number of nitriles is 1. The fraction of sp³-hybridized carbons (Fsp3) is 0.625. The summed E-state index contributed by atoms with van der Waals surface area (Å²) in [6.07, 6.45) is 8.78. The number of hydrogen-bond donors (Lipinski definition) is 0. The third-order valence-corrected chi connectivity index (χ3v) is 5.17. The molecule has 0 amide bonds. The van der Waals surface area contributed by atoms with Gasteiger partial charge in [0, 0.05) is 17.6 Å². The highest BCUT2D eigenvalue weighted by molar-refractivity contribution is 7.86. The van der Waals surface area contributed by atoms with E-state index in [1.165, 1.54) is 5.56 Å². The molecule has 0 bridgehead atoms. The van der Waals surface area contributed by atoms with Crippen molar-refractivity contribution in [3.05, 3.63) is 30.1 Å². The van der Waals surface area contributed by atoms with Crippen molar-refractivity contribution < 1.29 is 0 Å². The molecule has 2 unspecified atom stereocenters. The van der Waals surface area contributed by atoms with Gasteiger partial charge >= 0.3 is 0 Å². The average Bonchev–Trinajstić information content (AvgIpc) is 2.27. The number of aromatic nitrogens is 1. The zero-order chi connectivity index (χ0) is 15.4. The summed E-state index contributed by atoms with van der Waals surface area (Å²) in [5.41, 5.74) is 1.46. The minimum atomic E-state index is -0.339. The monoisotopic (exact) mass is 291 g/mol. The fourth-order valence-electron chi connectivity index (χ4n) is 3.22. The van der Waals surface area contributed by atoms with Gasteiger partial charge in [0.05, 0.1) is 0 Å². The smallest absolute Gasteiger partial charge is 0.212 e. The maximum absolute atomic E-state index is 8.91. The second-order valence-electron chi connectivity index (χ2n) is 7.11. The Morgan fingerprint density at radius 2 is 2.00 bits per heavy atom. The molecule has 0 fully saturated rings. The van der Waals surface area contributed by atoms with Crippen LogP contribution in [-0.4, -0.2) is 11.2 Å². The molecule has 2 atom stereocenters. The molecule has 4 heteroatoms. The van der Waals surface area contributed by atoms with Crippen molar-refractivity contribution in [2.75, 3.05) is 6.26 Å². The Hall–Kier alpha value is -1.21. The molecule has 0 aliphatic rings. The summed E-state index contributed by atoms with van der Waals surface area (Å²) in [5, 5.41) is 9.12. The van der Waals surface area contributed by atoms with Crippen molar-refractivity contribution in [2.45, 2.75) is 46.3 Å². The van der Waals surface area contributed by atoms with Crippen LogP contribution < -0.4 is 0 Å². The molecular weight excluding hydrogens is 266 g/mol. The van der Waals surface area contributed by atoms with Crippen molar-refractivity contribution in [3.63, 3.8) is 0 Å². The SMILES string of the molecule is C/S(=N\C#N)C(c1cccnc1)C(C)(C)CC(C)(C)C. The van der Waals surface area contributed by atoms with Gasteiger partial charge in [0.25, 0.3) is 0 Å². The van der Waals surface area contributed by atoms with E-state index in [4.69, 9.17) is 5.26 Å². The summed E-state index contributed by atoms with van der Waals surface area (Å²) in [6, 6.07) is 4.05. The maximum atomic E-state index is 8.91. The van der Waals surface area contributed by atoms with Crippen LogP contribution in [-0.2, 0) is 10.7 Å². The first-order chi connectivity index (χ1) is 9.17. The molecule has 0 N–H and O–H groups in total. The Morgan fingerprint density at radius 3 is 2.45 bits per heavy atom. The predicted molar refractivity (Wildman–Crippen MR) is 86.2 cm³/mol. The van der Waals surface area contributed by atoms with Crippen LogP contribution in [0.15, 0.2) is 28.9 Å². The highest BCUT2D eigenvalue weighted by Gasteiger charge is 2.36. The van der Waals surface area contributed by atoms with Gasteiger partial charge in [-0.25, -0.2) is 0 Å². The van der Waals surface area contributed by atoms with Gasteiger partial charge in [-0.05, 0) is 35.1 Å². The highest BCUT2D eigenvalue weighted by atomic mass is 32.2. The third-order valence-electron chi connectivity index (χ3n) is 3.21. The van der Waals surface area contributed by atoms with Crippen LogP contribution >= 0.6 is 0 Å². The highest BCUT2D eigenvalue weighted by Crippen LogP contribution is 2.45. The molecule has 0 spiro atoms. The number of hydrogen-bond acceptors (Lipinski definition) is 3. The minimum Gasteiger partial charge on any atom is -0.264 e. The van der Waals surface area contributed by atoms with Crippen LogP contribution in [0.25, 0.3) is 0 Å². The lowest BCUT2D eigenvalue weighted by atomic mass is 9.73. The molecule has 0 saturated carbocycles. The topological polar surface area (TPSA) is 49.0 Å². The van der Waals surface area contributed by atoms with Gasteiger partial charge < -0.3 is 0 Å². The van der Waals surface area contributed by atoms with E-state index in [9.17, 15) is 0 Å².